The lowest BCUT2D eigenvalue weighted by Gasteiger charge is -2.20. The molecule has 0 saturated carbocycles. The Morgan fingerprint density at radius 3 is 2.60 bits per heavy atom. The Kier molecular flexibility index (Phi) is 6.05. The maximum Gasteiger partial charge on any atom is 0.270 e. The standard InChI is InChI=1S/C20H21FN6O3/c1-12-7-8-23-17(9-12)24-18(28)11-26(2)20(30)15-10-16(19(22)29)27(25-15)14-5-3-13(21)4-6-14/h3-9,16H,10-11H2,1-2H3,(H2,22,29)(H,23,24,28). The minimum atomic E-state index is -0.881. The summed E-state index contributed by atoms with van der Waals surface area (Å²) in [5, 5.41) is 8.12. The first kappa shape index (κ1) is 20.9. The number of carbonyl (C=O) groups is 3. The molecule has 1 aromatic carbocycles. The van der Waals surface area contributed by atoms with E-state index in [0.29, 0.717) is 11.5 Å². The van der Waals surface area contributed by atoms with Crippen LogP contribution in [0.15, 0.2) is 47.7 Å². The van der Waals surface area contributed by atoms with Crippen molar-refractivity contribution in [3.05, 3.63) is 54.0 Å². The number of amides is 3. The van der Waals surface area contributed by atoms with E-state index in [1.807, 2.05) is 6.92 Å². The van der Waals surface area contributed by atoms with E-state index in [0.717, 1.165) is 5.56 Å². The molecule has 0 radical (unpaired) electrons. The summed E-state index contributed by atoms with van der Waals surface area (Å²) in [7, 11) is 1.45. The number of aromatic nitrogens is 1. The van der Waals surface area contributed by atoms with Crippen molar-refractivity contribution in [2.75, 3.05) is 23.9 Å². The van der Waals surface area contributed by atoms with Crippen molar-refractivity contribution in [3.63, 3.8) is 0 Å². The topological polar surface area (TPSA) is 121 Å². The first-order valence-electron chi connectivity index (χ1n) is 9.14. The number of primary amides is 1. The zero-order valence-electron chi connectivity index (χ0n) is 16.5. The van der Waals surface area contributed by atoms with E-state index in [2.05, 4.69) is 15.4 Å². The monoisotopic (exact) mass is 412 g/mol. The van der Waals surface area contributed by atoms with Gasteiger partial charge in [-0.2, -0.15) is 5.10 Å². The van der Waals surface area contributed by atoms with Gasteiger partial charge in [-0.1, -0.05) is 0 Å². The van der Waals surface area contributed by atoms with Crippen LogP contribution in [0.2, 0.25) is 0 Å². The third kappa shape index (κ3) is 4.77. The van der Waals surface area contributed by atoms with Crippen LogP contribution in [0.4, 0.5) is 15.9 Å². The Morgan fingerprint density at radius 1 is 1.27 bits per heavy atom. The first-order chi connectivity index (χ1) is 14.2. The number of hydrazone groups is 1. The molecule has 0 fully saturated rings. The molecule has 3 N–H and O–H groups in total. The van der Waals surface area contributed by atoms with Gasteiger partial charge in [-0.25, -0.2) is 9.37 Å². The molecule has 1 unspecified atom stereocenters. The maximum atomic E-state index is 13.2. The van der Waals surface area contributed by atoms with E-state index in [4.69, 9.17) is 5.73 Å². The minimum absolute atomic E-state index is 0.0169. The van der Waals surface area contributed by atoms with Crippen molar-refractivity contribution in [2.24, 2.45) is 10.8 Å². The Hall–Kier alpha value is -3.82. The van der Waals surface area contributed by atoms with Crippen molar-refractivity contribution in [1.29, 1.82) is 0 Å². The van der Waals surface area contributed by atoms with E-state index in [9.17, 15) is 18.8 Å². The summed E-state index contributed by atoms with van der Waals surface area (Å²) in [6.45, 7) is 1.64. The van der Waals surface area contributed by atoms with Crippen LogP contribution in [0.25, 0.3) is 0 Å². The maximum absolute atomic E-state index is 13.2. The number of nitrogens with one attached hydrogen (secondary N) is 1. The number of nitrogens with zero attached hydrogens (tertiary/aromatic N) is 4. The van der Waals surface area contributed by atoms with Gasteiger partial charge in [-0.05, 0) is 48.9 Å². The largest absolute Gasteiger partial charge is 0.368 e. The highest BCUT2D eigenvalue weighted by Gasteiger charge is 2.36. The summed E-state index contributed by atoms with van der Waals surface area (Å²) in [6, 6.07) is 7.94. The highest BCUT2D eigenvalue weighted by molar-refractivity contribution is 6.40. The fourth-order valence-electron chi connectivity index (χ4n) is 2.99. The molecule has 2 heterocycles. The van der Waals surface area contributed by atoms with Crippen LogP contribution < -0.4 is 16.1 Å². The second-order valence-electron chi connectivity index (χ2n) is 6.92. The van der Waals surface area contributed by atoms with Gasteiger partial charge >= 0.3 is 0 Å². The molecule has 3 rings (SSSR count). The number of carbonyl (C=O) groups excluding carboxylic acids is 3. The molecule has 1 aliphatic heterocycles. The Labute approximate surface area is 172 Å². The molecule has 0 aliphatic carbocycles. The molecule has 9 nitrogen and oxygen atoms in total. The van der Waals surface area contributed by atoms with Crippen LogP contribution in [0.3, 0.4) is 0 Å². The predicted octanol–water partition coefficient (Wildman–Crippen LogP) is 1.05. The summed E-state index contributed by atoms with van der Waals surface area (Å²) in [6.07, 6.45) is 1.55. The molecule has 156 valence electrons. The summed E-state index contributed by atoms with van der Waals surface area (Å²) in [5.74, 6) is -1.67. The Morgan fingerprint density at radius 2 is 1.97 bits per heavy atom. The van der Waals surface area contributed by atoms with E-state index in [1.54, 1.807) is 18.3 Å². The second kappa shape index (κ2) is 8.68. The lowest BCUT2D eigenvalue weighted by Crippen LogP contribution is -2.41. The Balaban J connectivity index is 1.69. The van der Waals surface area contributed by atoms with Gasteiger partial charge in [0.25, 0.3) is 5.91 Å². The molecule has 0 saturated heterocycles. The molecule has 2 aromatic rings. The number of rotatable bonds is 6. The molecule has 1 aliphatic rings. The molecule has 0 spiro atoms. The van der Waals surface area contributed by atoms with Crippen LogP contribution in [0, 0.1) is 12.7 Å². The number of aryl methyl sites for hydroxylation is 1. The number of likely N-dealkylation sites (N-methyl/N-ethyl adjacent to an activating group) is 1. The van der Waals surface area contributed by atoms with Gasteiger partial charge in [0.15, 0.2) is 0 Å². The lowest BCUT2D eigenvalue weighted by atomic mass is 10.1. The van der Waals surface area contributed by atoms with Gasteiger partial charge < -0.3 is 16.0 Å². The predicted molar refractivity (Wildman–Crippen MR) is 109 cm³/mol. The quantitative estimate of drug-likeness (QED) is 0.735. The van der Waals surface area contributed by atoms with Crippen LogP contribution in [-0.4, -0.2) is 53.0 Å². The fraction of sp³-hybridized carbons (Fsp3) is 0.250. The molecule has 10 heteroatoms. The number of benzene rings is 1. The number of anilines is 2. The highest BCUT2D eigenvalue weighted by Crippen LogP contribution is 2.25. The summed E-state index contributed by atoms with van der Waals surface area (Å²) in [4.78, 5) is 42.1. The third-order valence-electron chi connectivity index (χ3n) is 4.49. The smallest absolute Gasteiger partial charge is 0.270 e. The number of pyridine rings is 1. The normalized spacial score (nSPS) is 15.5. The highest BCUT2D eigenvalue weighted by atomic mass is 19.1. The van der Waals surface area contributed by atoms with Crippen molar-refractivity contribution in [2.45, 2.75) is 19.4 Å². The SMILES string of the molecule is Cc1ccnc(NC(=O)CN(C)C(=O)C2=NN(c3ccc(F)cc3)C(C(N)=O)C2)c1. The lowest BCUT2D eigenvalue weighted by molar-refractivity contribution is -0.127. The summed E-state index contributed by atoms with van der Waals surface area (Å²) >= 11 is 0. The minimum Gasteiger partial charge on any atom is -0.368 e. The number of nitrogens with two attached hydrogens (primary N) is 1. The fourth-order valence-corrected chi connectivity index (χ4v) is 2.99. The van der Waals surface area contributed by atoms with Crippen molar-refractivity contribution in [1.82, 2.24) is 9.88 Å². The van der Waals surface area contributed by atoms with Gasteiger partial charge in [-0.3, -0.25) is 19.4 Å². The molecular weight excluding hydrogens is 391 g/mol. The molecule has 0 bridgehead atoms. The number of hydrogen-bond acceptors (Lipinski definition) is 6. The van der Waals surface area contributed by atoms with Gasteiger partial charge in [0.1, 0.15) is 23.4 Å². The van der Waals surface area contributed by atoms with Gasteiger partial charge in [-0.15, -0.1) is 0 Å². The van der Waals surface area contributed by atoms with Gasteiger partial charge in [0.2, 0.25) is 11.8 Å². The number of halogens is 1. The first-order valence-corrected chi connectivity index (χ1v) is 9.14. The van der Waals surface area contributed by atoms with Crippen LogP contribution in [-0.2, 0) is 14.4 Å². The molecule has 3 amide bonds. The Bertz CT molecular complexity index is 1010. The zero-order chi connectivity index (χ0) is 21.8. The summed E-state index contributed by atoms with van der Waals surface area (Å²) < 4.78 is 13.2. The average molecular weight is 412 g/mol. The zero-order valence-corrected chi connectivity index (χ0v) is 16.5. The average Bonchev–Trinajstić information content (AvgIpc) is 3.13. The molecule has 30 heavy (non-hydrogen) atoms. The van der Waals surface area contributed by atoms with Crippen LogP contribution >= 0.6 is 0 Å². The van der Waals surface area contributed by atoms with E-state index in [1.165, 1.54) is 41.2 Å². The van der Waals surface area contributed by atoms with Crippen LogP contribution in [0.5, 0.6) is 0 Å². The summed E-state index contributed by atoms with van der Waals surface area (Å²) in [5.41, 5.74) is 6.88. The third-order valence-corrected chi connectivity index (χ3v) is 4.49. The van der Waals surface area contributed by atoms with E-state index < -0.39 is 29.6 Å². The molecule has 1 atom stereocenters. The van der Waals surface area contributed by atoms with Gasteiger partial charge in [0, 0.05) is 19.7 Å². The second-order valence-corrected chi connectivity index (χ2v) is 6.92. The number of hydrogen-bond donors (Lipinski definition) is 2. The van der Waals surface area contributed by atoms with Crippen LogP contribution in [0.1, 0.15) is 12.0 Å². The van der Waals surface area contributed by atoms with E-state index >= 15 is 0 Å². The molecular formula is C20H21FN6O3. The van der Waals surface area contributed by atoms with Crippen molar-refractivity contribution >= 4 is 34.9 Å². The van der Waals surface area contributed by atoms with Crippen molar-refractivity contribution < 1.29 is 18.8 Å². The molecule has 1 aromatic heterocycles. The van der Waals surface area contributed by atoms with E-state index in [-0.39, 0.29) is 18.7 Å². The van der Waals surface area contributed by atoms with Crippen molar-refractivity contribution in [3.8, 4) is 0 Å². The van der Waals surface area contributed by atoms with Gasteiger partial charge in [0.05, 0.1) is 12.2 Å².